The van der Waals surface area contributed by atoms with Crippen LogP contribution in [0.5, 0.6) is 0 Å². The van der Waals surface area contributed by atoms with E-state index in [1.165, 1.54) is 0 Å². The van der Waals surface area contributed by atoms with Gasteiger partial charge in [0.15, 0.2) is 0 Å². The molecule has 1 aromatic carbocycles. The van der Waals surface area contributed by atoms with Crippen molar-refractivity contribution in [2.75, 3.05) is 32.7 Å². The molecule has 0 radical (unpaired) electrons. The van der Waals surface area contributed by atoms with E-state index in [1.807, 2.05) is 42.5 Å². The first-order chi connectivity index (χ1) is 15.6. The zero-order valence-corrected chi connectivity index (χ0v) is 18.0. The van der Waals surface area contributed by atoms with Crippen molar-refractivity contribution in [3.63, 3.8) is 0 Å². The second-order valence-electron chi connectivity index (χ2n) is 8.29. The number of benzene rings is 1. The summed E-state index contributed by atoms with van der Waals surface area (Å²) in [5.41, 5.74) is 2.14. The molecule has 0 aliphatic carbocycles. The van der Waals surface area contributed by atoms with E-state index in [0.717, 1.165) is 17.5 Å². The normalized spacial score (nSPS) is 21.4. The molecule has 32 heavy (non-hydrogen) atoms. The van der Waals surface area contributed by atoms with Gasteiger partial charge in [0.1, 0.15) is 0 Å². The molecule has 2 saturated heterocycles. The summed E-state index contributed by atoms with van der Waals surface area (Å²) in [5.74, 6) is -0.813. The summed E-state index contributed by atoms with van der Waals surface area (Å²) in [5, 5.41) is 2.70. The van der Waals surface area contributed by atoms with Crippen LogP contribution in [0.2, 0.25) is 0 Å². The van der Waals surface area contributed by atoms with Crippen LogP contribution in [0.15, 0.2) is 54.9 Å². The van der Waals surface area contributed by atoms with Crippen LogP contribution in [-0.2, 0) is 32.1 Å². The van der Waals surface area contributed by atoms with E-state index >= 15 is 0 Å². The van der Waals surface area contributed by atoms with Crippen molar-refractivity contribution in [3.05, 3.63) is 66.0 Å². The Morgan fingerprint density at radius 3 is 2.56 bits per heavy atom. The first-order valence-electron chi connectivity index (χ1n) is 11.0. The topological polar surface area (TPSA) is 91.8 Å². The fourth-order valence-corrected chi connectivity index (χ4v) is 4.11. The zero-order chi connectivity index (χ0) is 22.3. The van der Waals surface area contributed by atoms with Crippen LogP contribution >= 0.6 is 0 Å². The number of carbonyl (C=O) groups is 3. The molecule has 1 N–H and O–H groups in total. The molecule has 0 saturated carbocycles. The lowest BCUT2D eigenvalue weighted by atomic mass is 10.1. The van der Waals surface area contributed by atoms with Gasteiger partial charge >= 0.3 is 0 Å². The van der Waals surface area contributed by atoms with Crippen molar-refractivity contribution in [3.8, 4) is 0 Å². The third-order valence-corrected chi connectivity index (χ3v) is 5.91. The number of aromatic nitrogens is 1. The van der Waals surface area contributed by atoms with Gasteiger partial charge in [-0.1, -0.05) is 30.3 Å². The van der Waals surface area contributed by atoms with Crippen molar-refractivity contribution in [1.82, 2.24) is 20.1 Å². The summed E-state index contributed by atoms with van der Waals surface area (Å²) in [4.78, 5) is 45.0. The molecule has 2 aliphatic rings. The van der Waals surface area contributed by atoms with Crippen molar-refractivity contribution in [1.29, 1.82) is 0 Å². The number of nitrogens with one attached hydrogen (secondary N) is 1. The lowest BCUT2D eigenvalue weighted by Crippen LogP contribution is -2.43. The summed E-state index contributed by atoms with van der Waals surface area (Å²) in [6.07, 6.45) is 4.00. The van der Waals surface area contributed by atoms with E-state index in [2.05, 4.69) is 10.3 Å². The third kappa shape index (κ3) is 5.70. The molecule has 0 bridgehead atoms. The van der Waals surface area contributed by atoms with E-state index < -0.39 is 5.92 Å². The predicted molar refractivity (Wildman–Crippen MR) is 117 cm³/mol. The van der Waals surface area contributed by atoms with E-state index in [4.69, 9.17) is 4.74 Å². The summed E-state index contributed by atoms with van der Waals surface area (Å²) >= 11 is 0. The third-order valence-electron chi connectivity index (χ3n) is 5.91. The van der Waals surface area contributed by atoms with Crippen LogP contribution in [0.4, 0.5) is 0 Å². The highest BCUT2D eigenvalue weighted by atomic mass is 16.5. The Morgan fingerprint density at radius 1 is 1.06 bits per heavy atom. The van der Waals surface area contributed by atoms with E-state index in [1.54, 1.807) is 22.2 Å². The molecule has 168 valence electrons. The lowest BCUT2D eigenvalue weighted by molar-refractivity contribution is -0.141. The largest absolute Gasteiger partial charge is 0.370 e. The van der Waals surface area contributed by atoms with Crippen LogP contribution in [0.1, 0.15) is 17.5 Å². The monoisotopic (exact) mass is 436 g/mol. The Morgan fingerprint density at radius 2 is 1.84 bits per heavy atom. The molecule has 8 nitrogen and oxygen atoms in total. The maximum atomic E-state index is 13.0. The van der Waals surface area contributed by atoms with Gasteiger partial charge in [0.25, 0.3) is 0 Å². The number of carbonyl (C=O) groups excluding carboxylic acids is 3. The van der Waals surface area contributed by atoms with Crippen molar-refractivity contribution < 1.29 is 19.1 Å². The van der Waals surface area contributed by atoms with Gasteiger partial charge < -0.3 is 19.9 Å². The minimum absolute atomic E-state index is 0.00737. The van der Waals surface area contributed by atoms with Crippen molar-refractivity contribution in [2.24, 2.45) is 5.92 Å². The van der Waals surface area contributed by atoms with Gasteiger partial charge in [0.2, 0.25) is 17.7 Å². The highest BCUT2D eigenvalue weighted by molar-refractivity contribution is 5.91. The molecule has 2 aliphatic heterocycles. The fraction of sp³-hybridized carbons (Fsp3) is 0.417. The van der Waals surface area contributed by atoms with E-state index in [9.17, 15) is 14.4 Å². The van der Waals surface area contributed by atoms with Crippen LogP contribution < -0.4 is 5.32 Å². The standard InChI is InChI=1S/C24H28N4O4/c29-22-12-20(13-26-22)24(31)28-15-21(32-17-19-6-9-25-10-7-19)14-27(23(30)16-28)11-8-18-4-2-1-3-5-18/h1-7,9-10,20-21H,8,11-17H2,(H,26,29)/t20-,21-/m1/s1. The van der Waals surface area contributed by atoms with Gasteiger partial charge in [0.05, 0.1) is 25.2 Å². The minimum atomic E-state index is -0.424. The first kappa shape index (κ1) is 22.0. The summed E-state index contributed by atoms with van der Waals surface area (Å²) in [6.45, 7) is 2.00. The molecule has 0 unspecified atom stereocenters. The van der Waals surface area contributed by atoms with Gasteiger partial charge in [-0.3, -0.25) is 19.4 Å². The molecular formula is C24H28N4O4. The molecule has 8 heteroatoms. The average Bonchev–Trinajstić information content (AvgIpc) is 3.19. The zero-order valence-electron chi connectivity index (χ0n) is 18.0. The quantitative estimate of drug-likeness (QED) is 0.700. The molecule has 2 atom stereocenters. The Balaban J connectivity index is 1.45. The Bertz CT molecular complexity index is 938. The van der Waals surface area contributed by atoms with Crippen LogP contribution in [-0.4, -0.2) is 71.3 Å². The number of hydrogen-bond acceptors (Lipinski definition) is 5. The van der Waals surface area contributed by atoms with E-state index in [-0.39, 0.29) is 36.8 Å². The van der Waals surface area contributed by atoms with Crippen LogP contribution in [0, 0.1) is 5.92 Å². The summed E-state index contributed by atoms with van der Waals surface area (Å²) < 4.78 is 6.15. The number of rotatable bonds is 7. The number of ether oxygens (including phenoxy) is 1. The minimum Gasteiger partial charge on any atom is -0.370 e. The smallest absolute Gasteiger partial charge is 0.242 e. The van der Waals surface area contributed by atoms with Crippen LogP contribution in [0.25, 0.3) is 0 Å². The average molecular weight is 437 g/mol. The Kier molecular flexibility index (Phi) is 7.11. The first-order valence-corrected chi connectivity index (χ1v) is 11.0. The van der Waals surface area contributed by atoms with Gasteiger partial charge in [-0.05, 0) is 29.7 Å². The summed E-state index contributed by atoms with van der Waals surface area (Å²) in [6, 6.07) is 13.8. The second-order valence-corrected chi connectivity index (χ2v) is 8.29. The van der Waals surface area contributed by atoms with Crippen molar-refractivity contribution >= 4 is 17.7 Å². The number of nitrogens with zero attached hydrogens (tertiary/aromatic N) is 3. The molecule has 0 spiro atoms. The van der Waals surface area contributed by atoms with Gasteiger partial charge in [-0.25, -0.2) is 0 Å². The van der Waals surface area contributed by atoms with E-state index in [0.29, 0.717) is 32.8 Å². The number of pyridine rings is 1. The summed E-state index contributed by atoms with van der Waals surface area (Å²) in [7, 11) is 0. The molecule has 4 rings (SSSR count). The Labute approximate surface area is 187 Å². The highest BCUT2D eigenvalue weighted by Gasteiger charge is 2.36. The van der Waals surface area contributed by atoms with Crippen LogP contribution in [0.3, 0.4) is 0 Å². The molecule has 2 aromatic rings. The second kappa shape index (κ2) is 10.4. The lowest BCUT2D eigenvalue weighted by Gasteiger charge is -2.26. The number of amides is 3. The predicted octanol–water partition coefficient (Wildman–Crippen LogP) is 1.02. The SMILES string of the molecule is O=C1C[C@@H](C(=O)N2CC(=O)N(CCc3ccccc3)C[C@@H](OCc3ccncc3)C2)CN1. The molecule has 1 aromatic heterocycles. The van der Waals surface area contributed by atoms with Crippen molar-refractivity contribution in [2.45, 2.75) is 25.6 Å². The molecule has 3 heterocycles. The maximum Gasteiger partial charge on any atom is 0.242 e. The molecular weight excluding hydrogens is 408 g/mol. The maximum absolute atomic E-state index is 13.0. The molecule has 2 fully saturated rings. The van der Waals surface area contributed by atoms with Gasteiger partial charge in [-0.15, -0.1) is 0 Å². The Hall–Kier alpha value is -3.26. The molecule has 3 amide bonds. The highest BCUT2D eigenvalue weighted by Crippen LogP contribution is 2.18. The number of hydrogen-bond donors (Lipinski definition) is 1. The van der Waals surface area contributed by atoms with Gasteiger partial charge in [0, 0.05) is 45.0 Å². The van der Waals surface area contributed by atoms with Gasteiger partial charge in [-0.2, -0.15) is 0 Å². The fourth-order valence-electron chi connectivity index (χ4n) is 4.11.